The largest absolute Gasteiger partial charge is 0.392 e. The fourth-order valence-electron chi connectivity index (χ4n) is 3.20. The molecule has 23 heavy (non-hydrogen) atoms. The van der Waals surface area contributed by atoms with Gasteiger partial charge in [-0.05, 0) is 19.4 Å². The Morgan fingerprint density at radius 3 is 2.83 bits per heavy atom. The van der Waals surface area contributed by atoms with Crippen LogP contribution in [0.5, 0.6) is 0 Å². The Hall–Kier alpha value is -0.926. The number of fused-ring (bicyclic) bond motifs is 2. The van der Waals surface area contributed by atoms with Crippen LogP contribution in [0.15, 0.2) is 24.3 Å². The summed E-state index contributed by atoms with van der Waals surface area (Å²) in [6.07, 6.45) is 4.54. The summed E-state index contributed by atoms with van der Waals surface area (Å²) in [5, 5.41) is 9.58. The zero-order valence-corrected chi connectivity index (χ0v) is 15.7. The first-order chi connectivity index (χ1) is 10.5. The van der Waals surface area contributed by atoms with Crippen molar-refractivity contribution < 1.29 is 47.3 Å². The average Bonchev–Trinajstić information content (AvgIpc) is 3.10. The topological polar surface area (TPSA) is 108 Å². The van der Waals surface area contributed by atoms with Gasteiger partial charge in [-0.1, -0.05) is 6.08 Å². The van der Waals surface area contributed by atoms with Crippen LogP contribution in [-0.2, 0) is 42.2 Å². The summed E-state index contributed by atoms with van der Waals surface area (Å²) >= 11 is 0. The van der Waals surface area contributed by atoms with Crippen LogP contribution in [0.25, 0.3) is 11.2 Å². The molecule has 0 amide bonds. The number of rotatable bonds is 2. The fraction of sp³-hybridized carbons (Fsp3) is 0.500. The first-order valence-electron chi connectivity index (χ1n) is 7.10. The molecule has 2 aromatic rings. The van der Waals surface area contributed by atoms with Gasteiger partial charge in [-0.3, -0.25) is 0 Å². The van der Waals surface area contributed by atoms with Crippen molar-refractivity contribution in [1.29, 1.82) is 0 Å². The minimum Gasteiger partial charge on any atom is -0.392 e. The molecular formula is C14H17N5O3Y. The first-order valence-corrected chi connectivity index (χ1v) is 7.10. The third-order valence-electron chi connectivity index (χ3n) is 4.11. The van der Waals surface area contributed by atoms with Crippen LogP contribution in [0.4, 0.5) is 5.82 Å². The van der Waals surface area contributed by atoms with Gasteiger partial charge >= 0.3 is 0 Å². The monoisotopic (exact) mass is 392 g/mol. The summed E-state index contributed by atoms with van der Waals surface area (Å²) in [6, 6.07) is -0.159. The molecule has 3 N–H and O–H groups in total. The molecule has 1 saturated heterocycles. The zero-order valence-electron chi connectivity index (χ0n) is 12.9. The fourth-order valence-corrected chi connectivity index (χ4v) is 3.20. The SMILES string of the molecule is CC1(C)OC2C(CO)=CC(n3cnc4c(N)ncnc43)C2O1.[Y]. The van der Waals surface area contributed by atoms with Crippen LogP contribution in [0.3, 0.4) is 0 Å². The van der Waals surface area contributed by atoms with E-state index in [2.05, 4.69) is 15.0 Å². The molecule has 1 aliphatic heterocycles. The van der Waals surface area contributed by atoms with Gasteiger partial charge in [-0.25, -0.2) is 15.0 Å². The van der Waals surface area contributed by atoms with E-state index in [-0.39, 0.29) is 57.6 Å². The van der Waals surface area contributed by atoms with E-state index in [9.17, 15) is 5.11 Å². The van der Waals surface area contributed by atoms with Gasteiger partial charge in [0.1, 0.15) is 24.1 Å². The summed E-state index contributed by atoms with van der Waals surface area (Å²) in [4.78, 5) is 12.5. The predicted octanol–water partition coefficient (Wildman–Crippen LogP) is 0.399. The zero-order chi connectivity index (χ0) is 15.5. The molecule has 4 rings (SSSR count). The Morgan fingerprint density at radius 1 is 1.30 bits per heavy atom. The van der Waals surface area contributed by atoms with Gasteiger partial charge in [0.25, 0.3) is 0 Å². The molecule has 3 atom stereocenters. The molecule has 2 aromatic heterocycles. The quantitative estimate of drug-likeness (QED) is 0.713. The summed E-state index contributed by atoms with van der Waals surface area (Å²) in [6.45, 7) is 3.66. The van der Waals surface area contributed by atoms with E-state index in [1.807, 2.05) is 24.5 Å². The Labute approximate surface area is 158 Å². The molecule has 8 nitrogen and oxygen atoms in total. The average molecular weight is 392 g/mol. The molecule has 2 aliphatic rings. The molecule has 0 bridgehead atoms. The molecule has 3 heterocycles. The second kappa shape index (κ2) is 5.86. The summed E-state index contributed by atoms with van der Waals surface area (Å²) in [7, 11) is 0. The van der Waals surface area contributed by atoms with Crippen LogP contribution >= 0.6 is 0 Å². The second-order valence-corrected chi connectivity index (χ2v) is 5.99. The van der Waals surface area contributed by atoms with E-state index < -0.39 is 5.79 Å². The van der Waals surface area contributed by atoms with Crippen molar-refractivity contribution in [2.24, 2.45) is 0 Å². The summed E-state index contributed by atoms with van der Waals surface area (Å²) < 4.78 is 13.8. The van der Waals surface area contributed by atoms with Crippen molar-refractivity contribution >= 4 is 17.0 Å². The van der Waals surface area contributed by atoms with E-state index >= 15 is 0 Å². The van der Waals surface area contributed by atoms with Crippen LogP contribution in [0.2, 0.25) is 0 Å². The number of nitrogen functional groups attached to an aromatic ring is 1. The van der Waals surface area contributed by atoms with Crippen LogP contribution < -0.4 is 5.73 Å². The smallest absolute Gasteiger partial charge is 0.166 e. The number of hydrogen-bond acceptors (Lipinski definition) is 7. The van der Waals surface area contributed by atoms with Gasteiger partial charge in [0.05, 0.1) is 19.0 Å². The molecule has 9 heteroatoms. The van der Waals surface area contributed by atoms with Crippen LogP contribution in [0.1, 0.15) is 19.9 Å². The van der Waals surface area contributed by atoms with Crippen molar-refractivity contribution in [2.75, 3.05) is 12.3 Å². The number of nitrogens with zero attached hydrogens (tertiary/aromatic N) is 4. The molecule has 0 saturated carbocycles. The maximum absolute atomic E-state index is 9.58. The van der Waals surface area contributed by atoms with E-state index in [0.717, 1.165) is 5.57 Å². The number of aliphatic hydroxyl groups is 1. The number of hydrogen-bond donors (Lipinski definition) is 2. The van der Waals surface area contributed by atoms with Crippen molar-refractivity contribution in [1.82, 2.24) is 19.5 Å². The minimum atomic E-state index is -0.688. The van der Waals surface area contributed by atoms with Crippen LogP contribution in [0, 0.1) is 0 Å². The van der Waals surface area contributed by atoms with E-state index in [4.69, 9.17) is 15.2 Å². The Morgan fingerprint density at radius 2 is 2.09 bits per heavy atom. The maximum atomic E-state index is 9.58. The summed E-state index contributed by atoms with van der Waals surface area (Å²) in [5.74, 6) is -0.347. The second-order valence-electron chi connectivity index (χ2n) is 5.99. The van der Waals surface area contributed by atoms with Crippen LogP contribution in [-0.4, -0.2) is 49.2 Å². The van der Waals surface area contributed by atoms with E-state index in [1.54, 1.807) is 6.33 Å². The molecule has 0 aromatic carbocycles. The first kappa shape index (κ1) is 16.9. The Bertz CT molecular complexity index is 775. The molecule has 1 radical (unpaired) electrons. The van der Waals surface area contributed by atoms with E-state index in [1.165, 1.54) is 6.33 Å². The van der Waals surface area contributed by atoms with Crippen molar-refractivity contribution in [3.8, 4) is 0 Å². The van der Waals surface area contributed by atoms with Gasteiger partial charge < -0.3 is 24.9 Å². The van der Waals surface area contributed by atoms with E-state index in [0.29, 0.717) is 17.0 Å². The number of nitrogens with two attached hydrogens (primary N) is 1. The van der Waals surface area contributed by atoms with Gasteiger partial charge in [0, 0.05) is 32.7 Å². The molecular weight excluding hydrogens is 375 g/mol. The third kappa shape index (κ3) is 2.62. The minimum absolute atomic E-state index is 0. The van der Waals surface area contributed by atoms with Gasteiger partial charge in [0.2, 0.25) is 0 Å². The van der Waals surface area contributed by atoms with Crippen molar-refractivity contribution in [3.05, 3.63) is 24.3 Å². The number of aliphatic hydroxyl groups excluding tert-OH is 1. The third-order valence-corrected chi connectivity index (χ3v) is 4.11. The number of ether oxygens (including phenoxy) is 2. The van der Waals surface area contributed by atoms with Gasteiger partial charge in [0.15, 0.2) is 17.3 Å². The van der Waals surface area contributed by atoms with Gasteiger partial charge in [-0.2, -0.15) is 0 Å². The number of aromatic nitrogens is 4. The molecule has 1 fully saturated rings. The standard InChI is InChI=1S/C14H17N5O3.Y/c1-14(2)21-10-7(4-20)3-8(11(10)22-14)19-6-18-9-12(15)16-5-17-13(9)19;/h3,5-6,8,10-11,20H,4H2,1-2H3,(H2,15,16,17);. The maximum Gasteiger partial charge on any atom is 0.166 e. The molecule has 3 unspecified atom stereocenters. The molecule has 119 valence electrons. The van der Waals surface area contributed by atoms with Crippen molar-refractivity contribution in [2.45, 2.75) is 37.9 Å². The van der Waals surface area contributed by atoms with Crippen molar-refractivity contribution in [3.63, 3.8) is 0 Å². The Balaban J connectivity index is 0.00000156. The molecule has 0 spiro atoms. The van der Waals surface area contributed by atoms with Gasteiger partial charge in [-0.15, -0.1) is 0 Å². The summed E-state index contributed by atoms with van der Waals surface area (Å²) in [5.41, 5.74) is 7.84. The Kier molecular flexibility index (Phi) is 4.31. The predicted molar refractivity (Wildman–Crippen MR) is 77.8 cm³/mol. The normalized spacial score (nSPS) is 28.5. The molecule has 1 aliphatic carbocycles. The number of imidazole rings is 1. The number of anilines is 1.